The molecule has 1 unspecified atom stereocenters. The van der Waals surface area contributed by atoms with Crippen LogP contribution in [0.4, 0.5) is 0 Å². The van der Waals surface area contributed by atoms with Gasteiger partial charge in [-0.3, -0.25) is 0 Å². The summed E-state index contributed by atoms with van der Waals surface area (Å²) < 4.78 is 0. The van der Waals surface area contributed by atoms with Crippen molar-refractivity contribution in [2.24, 2.45) is 11.8 Å². The third-order valence-corrected chi connectivity index (χ3v) is 3.20. The van der Waals surface area contributed by atoms with Gasteiger partial charge in [0.05, 0.1) is 0 Å². The number of hydrogen-bond donors (Lipinski definition) is 1. The van der Waals surface area contributed by atoms with Crippen molar-refractivity contribution in [2.75, 3.05) is 13.1 Å². The Bertz CT molecular complexity index is 368. The van der Waals surface area contributed by atoms with Gasteiger partial charge in [-0.2, -0.15) is 0 Å². The second-order valence-corrected chi connectivity index (χ2v) is 5.58. The molecule has 1 aliphatic heterocycles. The Labute approximate surface area is 104 Å². The smallest absolute Gasteiger partial charge is 0.129 e. The third-order valence-electron chi connectivity index (χ3n) is 3.20. The molecule has 1 N–H and O–H groups in total. The van der Waals surface area contributed by atoms with E-state index in [-0.39, 0.29) is 0 Å². The Hall–Kier alpha value is -0.960. The maximum atomic E-state index is 4.70. The molecule has 0 spiro atoms. The molecule has 1 atom stereocenters. The number of nitrogens with one attached hydrogen (secondary N) is 1. The first-order valence-electron chi connectivity index (χ1n) is 6.67. The molecule has 2 rings (SSSR count). The summed E-state index contributed by atoms with van der Waals surface area (Å²) >= 11 is 0. The van der Waals surface area contributed by atoms with Gasteiger partial charge in [0.25, 0.3) is 0 Å². The lowest BCUT2D eigenvalue weighted by Gasteiger charge is -2.10. The molecule has 0 aromatic carbocycles. The lowest BCUT2D eigenvalue weighted by molar-refractivity contribution is 0.554. The Balaban J connectivity index is 2.07. The number of hydrogen-bond acceptors (Lipinski definition) is 3. The van der Waals surface area contributed by atoms with Gasteiger partial charge < -0.3 is 5.32 Å². The summed E-state index contributed by atoms with van der Waals surface area (Å²) in [5.74, 6) is 2.42. The zero-order valence-electron chi connectivity index (χ0n) is 11.2. The molecule has 3 heteroatoms. The molecule has 94 valence electrons. The van der Waals surface area contributed by atoms with Crippen molar-refractivity contribution in [3.05, 3.63) is 23.3 Å². The van der Waals surface area contributed by atoms with Gasteiger partial charge in [0.1, 0.15) is 5.82 Å². The minimum atomic E-state index is 0.658. The van der Waals surface area contributed by atoms with Crippen LogP contribution in [0.3, 0.4) is 0 Å². The quantitative estimate of drug-likeness (QED) is 0.866. The summed E-state index contributed by atoms with van der Waals surface area (Å²) in [6, 6.07) is 2.12. The topological polar surface area (TPSA) is 37.8 Å². The molecular formula is C14H23N3. The van der Waals surface area contributed by atoms with Gasteiger partial charge in [-0.05, 0) is 50.8 Å². The highest BCUT2D eigenvalue weighted by Crippen LogP contribution is 2.14. The second-order valence-electron chi connectivity index (χ2n) is 5.58. The number of nitrogens with zero attached hydrogens (tertiary/aromatic N) is 2. The average molecular weight is 233 g/mol. The van der Waals surface area contributed by atoms with Crippen LogP contribution in [-0.2, 0) is 12.8 Å². The van der Waals surface area contributed by atoms with E-state index in [0.717, 1.165) is 43.4 Å². The monoisotopic (exact) mass is 233 g/mol. The van der Waals surface area contributed by atoms with Crippen LogP contribution < -0.4 is 5.32 Å². The average Bonchev–Trinajstić information content (AvgIpc) is 2.67. The summed E-state index contributed by atoms with van der Waals surface area (Å²) in [5, 5.41) is 3.40. The van der Waals surface area contributed by atoms with Crippen molar-refractivity contribution in [1.29, 1.82) is 0 Å². The number of rotatable bonds is 4. The van der Waals surface area contributed by atoms with Crippen LogP contribution in [0, 0.1) is 18.8 Å². The molecule has 0 amide bonds. The largest absolute Gasteiger partial charge is 0.316 e. The first-order valence-corrected chi connectivity index (χ1v) is 6.67. The number of aromatic nitrogens is 2. The Morgan fingerprint density at radius 2 is 2.24 bits per heavy atom. The lowest BCUT2D eigenvalue weighted by Crippen LogP contribution is -2.13. The van der Waals surface area contributed by atoms with Gasteiger partial charge >= 0.3 is 0 Å². The normalized spacial score (nSPS) is 20.1. The zero-order valence-corrected chi connectivity index (χ0v) is 11.2. The molecule has 1 aromatic rings. The van der Waals surface area contributed by atoms with Crippen molar-refractivity contribution in [3.63, 3.8) is 0 Å². The molecule has 0 saturated carbocycles. The third kappa shape index (κ3) is 3.77. The van der Waals surface area contributed by atoms with Crippen LogP contribution in [0.15, 0.2) is 6.07 Å². The fraction of sp³-hybridized carbons (Fsp3) is 0.714. The summed E-state index contributed by atoms with van der Waals surface area (Å²) in [7, 11) is 0. The van der Waals surface area contributed by atoms with Crippen LogP contribution >= 0.6 is 0 Å². The van der Waals surface area contributed by atoms with Crippen LogP contribution in [0.1, 0.15) is 37.5 Å². The van der Waals surface area contributed by atoms with E-state index in [1.54, 1.807) is 0 Å². The van der Waals surface area contributed by atoms with E-state index in [1.165, 1.54) is 12.1 Å². The molecule has 17 heavy (non-hydrogen) atoms. The molecule has 1 saturated heterocycles. The molecule has 0 aliphatic carbocycles. The second kappa shape index (κ2) is 5.58. The highest BCUT2D eigenvalue weighted by molar-refractivity contribution is 5.11. The summed E-state index contributed by atoms with van der Waals surface area (Å²) in [6.45, 7) is 8.81. The Morgan fingerprint density at radius 3 is 2.88 bits per heavy atom. The van der Waals surface area contributed by atoms with E-state index in [1.807, 2.05) is 0 Å². The summed E-state index contributed by atoms with van der Waals surface area (Å²) in [4.78, 5) is 9.26. The fourth-order valence-electron chi connectivity index (χ4n) is 2.46. The number of aryl methyl sites for hydroxylation is 1. The van der Waals surface area contributed by atoms with E-state index in [9.17, 15) is 0 Å². The standard InChI is InChI=1S/C14H23N3/c1-10(2)6-13-7-11(3)16-14(17-13)8-12-4-5-15-9-12/h7,10,12,15H,4-6,8-9H2,1-3H3. The van der Waals surface area contributed by atoms with Crippen LogP contribution in [-0.4, -0.2) is 23.1 Å². The van der Waals surface area contributed by atoms with Crippen LogP contribution in [0.25, 0.3) is 0 Å². The molecular weight excluding hydrogens is 210 g/mol. The van der Waals surface area contributed by atoms with E-state index in [4.69, 9.17) is 4.98 Å². The predicted molar refractivity (Wildman–Crippen MR) is 70.0 cm³/mol. The summed E-state index contributed by atoms with van der Waals surface area (Å²) in [5.41, 5.74) is 2.31. The molecule has 0 radical (unpaired) electrons. The van der Waals surface area contributed by atoms with Gasteiger partial charge in [-0.25, -0.2) is 9.97 Å². The first-order chi connectivity index (χ1) is 8.13. The van der Waals surface area contributed by atoms with Gasteiger partial charge in [0, 0.05) is 17.8 Å². The predicted octanol–water partition coefficient (Wildman–Crippen LogP) is 2.14. The van der Waals surface area contributed by atoms with Gasteiger partial charge in [-0.1, -0.05) is 13.8 Å². The maximum Gasteiger partial charge on any atom is 0.129 e. The van der Waals surface area contributed by atoms with Crippen molar-refractivity contribution in [2.45, 2.75) is 40.0 Å². The molecule has 0 bridgehead atoms. The molecule has 2 heterocycles. The zero-order chi connectivity index (χ0) is 12.3. The van der Waals surface area contributed by atoms with E-state index in [0.29, 0.717) is 5.92 Å². The van der Waals surface area contributed by atoms with E-state index in [2.05, 4.69) is 37.1 Å². The van der Waals surface area contributed by atoms with Gasteiger partial charge in [0.15, 0.2) is 0 Å². The Kier molecular flexibility index (Phi) is 4.11. The molecule has 1 aliphatic rings. The minimum Gasteiger partial charge on any atom is -0.316 e. The van der Waals surface area contributed by atoms with E-state index >= 15 is 0 Å². The van der Waals surface area contributed by atoms with Gasteiger partial charge in [-0.15, -0.1) is 0 Å². The fourth-order valence-corrected chi connectivity index (χ4v) is 2.46. The SMILES string of the molecule is Cc1cc(CC(C)C)nc(CC2CCNC2)n1. The first kappa shape index (κ1) is 12.5. The van der Waals surface area contributed by atoms with Crippen LogP contribution in [0.5, 0.6) is 0 Å². The van der Waals surface area contributed by atoms with Gasteiger partial charge in [0.2, 0.25) is 0 Å². The van der Waals surface area contributed by atoms with Crippen LogP contribution in [0.2, 0.25) is 0 Å². The van der Waals surface area contributed by atoms with Crippen molar-refractivity contribution >= 4 is 0 Å². The highest BCUT2D eigenvalue weighted by Gasteiger charge is 2.16. The van der Waals surface area contributed by atoms with Crippen molar-refractivity contribution in [3.8, 4) is 0 Å². The van der Waals surface area contributed by atoms with Crippen molar-refractivity contribution < 1.29 is 0 Å². The lowest BCUT2D eigenvalue weighted by atomic mass is 10.0. The van der Waals surface area contributed by atoms with E-state index < -0.39 is 0 Å². The highest BCUT2D eigenvalue weighted by atomic mass is 14.9. The maximum absolute atomic E-state index is 4.70. The summed E-state index contributed by atoms with van der Waals surface area (Å²) in [6.07, 6.45) is 3.34. The molecule has 1 aromatic heterocycles. The molecule has 1 fully saturated rings. The Morgan fingerprint density at radius 1 is 1.41 bits per heavy atom. The minimum absolute atomic E-state index is 0.658. The van der Waals surface area contributed by atoms with Crippen molar-refractivity contribution in [1.82, 2.24) is 15.3 Å². The molecule has 3 nitrogen and oxygen atoms in total.